The van der Waals surface area contributed by atoms with Crippen molar-refractivity contribution in [3.8, 4) is 6.07 Å². The predicted molar refractivity (Wildman–Crippen MR) is 121 cm³/mol. The third-order valence-corrected chi connectivity index (χ3v) is 8.09. The fraction of sp³-hybridized carbons (Fsp3) is 0.409. The highest BCUT2D eigenvalue weighted by Crippen LogP contribution is 2.37. The van der Waals surface area contributed by atoms with E-state index in [1.54, 1.807) is 36.1 Å². The van der Waals surface area contributed by atoms with Gasteiger partial charge in [0, 0.05) is 17.8 Å². The van der Waals surface area contributed by atoms with Crippen molar-refractivity contribution < 1.29 is 22.7 Å². The van der Waals surface area contributed by atoms with Crippen molar-refractivity contribution in [1.29, 1.82) is 5.26 Å². The molecule has 1 aliphatic rings. The molecule has 0 bridgehead atoms. The number of sulfone groups is 1. The Morgan fingerprint density at radius 3 is 2.66 bits per heavy atom. The van der Waals surface area contributed by atoms with Crippen LogP contribution in [-0.2, 0) is 32.3 Å². The molecule has 170 valence electrons. The van der Waals surface area contributed by atoms with E-state index >= 15 is 0 Å². The number of fused-ring (bicyclic) bond motifs is 1. The van der Waals surface area contributed by atoms with Crippen LogP contribution in [0.1, 0.15) is 41.3 Å². The van der Waals surface area contributed by atoms with Crippen LogP contribution >= 0.6 is 11.3 Å². The summed E-state index contributed by atoms with van der Waals surface area (Å²) in [7, 11) is -3.46. The molecule has 1 aromatic heterocycles. The number of hydrogen-bond donors (Lipinski definition) is 1. The molecular formula is C22H25N3O5S2. The van der Waals surface area contributed by atoms with Crippen LogP contribution in [0.2, 0.25) is 0 Å². The highest BCUT2D eigenvalue weighted by atomic mass is 32.2. The highest BCUT2D eigenvalue weighted by Gasteiger charge is 2.28. The Morgan fingerprint density at radius 1 is 1.28 bits per heavy atom. The van der Waals surface area contributed by atoms with E-state index in [2.05, 4.69) is 11.4 Å². The van der Waals surface area contributed by atoms with Crippen LogP contribution in [0.25, 0.3) is 0 Å². The number of aryl methyl sites for hydroxylation is 1. The second-order valence-corrected chi connectivity index (χ2v) is 10.7. The third-order valence-electron chi connectivity index (χ3n) is 5.14. The Morgan fingerprint density at radius 2 is 2.00 bits per heavy atom. The number of carbonyl (C=O) groups is 2. The number of benzene rings is 1. The maximum Gasteiger partial charge on any atom is 0.410 e. The van der Waals surface area contributed by atoms with E-state index in [-0.39, 0.29) is 36.0 Å². The van der Waals surface area contributed by atoms with Gasteiger partial charge in [0.25, 0.3) is 0 Å². The number of carbonyl (C=O) groups excluding carboxylic acids is 2. The molecule has 0 radical (unpaired) electrons. The van der Waals surface area contributed by atoms with Gasteiger partial charge >= 0.3 is 6.09 Å². The molecule has 0 saturated carbocycles. The van der Waals surface area contributed by atoms with Crippen molar-refractivity contribution in [3.05, 3.63) is 45.8 Å². The average Bonchev–Trinajstić information content (AvgIpc) is 3.10. The van der Waals surface area contributed by atoms with Gasteiger partial charge in [0.15, 0.2) is 9.84 Å². The van der Waals surface area contributed by atoms with Crippen molar-refractivity contribution in [2.45, 2.75) is 44.6 Å². The lowest BCUT2D eigenvalue weighted by molar-refractivity contribution is -0.116. The molecular weight excluding hydrogens is 450 g/mol. The Labute approximate surface area is 191 Å². The van der Waals surface area contributed by atoms with Crippen LogP contribution < -0.4 is 5.32 Å². The summed E-state index contributed by atoms with van der Waals surface area (Å²) >= 11 is 1.27. The summed E-state index contributed by atoms with van der Waals surface area (Å²) in [6.07, 6.45) is 0.308. The molecule has 2 aromatic rings. The summed E-state index contributed by atoms with van der Waals surface area (Å²) < 4.78 is 29.9. The van der Waals surface area contributed by atoms with Crippen molar-refractivity contribution in [2.75, 3.05) is 24.2 Å². The van der Waals surface area contributed by atoms with E-state index in [0.29, 0.717) is 30.1 Å². The molecule has 0 atom stereocenters. The fourth-order valence-corrected chi connectivity index (χ4v) is 6.00. The molecule has 0 spiro atoms. The first-order chi connectivity index (χ1) is 15.2. The molecule has 8 nitrogen and oxygen atoms in total. The lowest BCUT2D eigenvalue weighted by Gasteiger charge is -2.25. The lowest BCUT2D eigenvalue weighted by atomic mass is 10.0. The van der Waals surface area contributed by atoms with Crippen LogP contribution in [-0.4, -0.2) is 44.2 Å². The Hall–Kier alpha value is -2.90. The van der Waals surface area contributed by atoms with E-state index in [9.17, 15) is 23.3 Å². The maximum absolute atomic E-state index is 12.4. The van der Waals surface area contributed by atoms with Crippen LogP contribution in [0.5, 0.6) is 0 Å². The number of hydrogen-bond acceptors (Lipinski definition) is 7. The zero-order valence-corrected chi connectivity index (χ0v) is 19.6. The number of rotatable bonds is 7. The first-order valence-corrected chi connectivity index (χ1v) is 12.8. The molecule has 10 heteroatoms. The lowest BCUT2D eigenvalue weighted by Crippen LogP contribution is -2.35. The van der Waals surface area contributed by atoms with Crippen molar-refractivity contribution in [2.24, 2.45) is 0 Å². The second-order valence-electron chi connectivity index (χ2n) is 7.47. The third kappa shape index (κ3) is 5.47. The number of thiophene rings is 1. The molecule has 3 rings (SSSR count). The van der Waals surface area contributed by atoms with Gasteiger partial charge in [-0.1, -0.05) is 17.7 Å². The number of nitrogens with zero attached hydrogens (tertiary/aromatic N) is 2. The summed E-state index contributed by atoms with van der Waals surface area (Å²) in [4.78, 5) is 27.1. The maximum atomic E-state index is 12.4. The first-order valence-electron chi connectivity index (χ1n) is 10.3. The Kier molecular flexibility index (Phi) is 7.53. The smallest absolute Gasteiger partial charge is 0.410 e. The Balaban J connectivity index is 1.60. The minimum atomic E-state index is -3.46. The Bertz CT molecular complexity index is 1150. The van der Waals surface area contributed by atoms with Gasteiger partial charge in [-0.3, -0.25) is 4.79 Å². The molecule has 0 aliphatic carbocycles. The fourth-order valence-electron chi connectivity index (χ4n) is 3.46. The first kappa shape index (κ1) is 23.8. The molecule has 1 aliphatic heterocycles. The van der Waals surface area contributed by atoms with E-state index in [4.69, 9.17) is 4.74 Å². The van der Waals surface area contributed by atoms with Gasteiger partial charge in [-0.25, -0.2) is 13.2 Å². The van der Waals surface area contributed by atoms with E-state index < -0.39 is 15.9 Å². The zero-order chi connectivity index (χ0) is 23.3. The predicted octanol–water partition coefficient (Wildman–Crippen LogP) is 3.64. The van der Waals surface area contributed by atoms with Gasteiger partial charge in [-0.2, -0.15) is 5.26 Å². The molecule has 0 saturated heterocycles. The van der Waals surface area contributed by atoms with Crippen LogP contribution in [0, 0.1) is 18.3 Å². The standard InChI is InChI=1S/C22H25N3O5S2/c1-3-30-22(27)25-11-10-17-18(13-23)21(31-19(17)14-25)24-20(26)5-4-12-32(28,29)16-8-6-15(2)7-9-16/h6-9H,3-5,10-12,14H2,1-2H3,(H,24,26). The summed E-state index contributed by atoms with van der Waals surface area (Å²) in [5.41, 5.74) is 2.23. The number of nitrogens with one attached hydrogen (secondary N) is 1. The molecule has 2 heterocycles. The largest absolute Gasteiger partial charge is 0.450 e. The van der Waals surface area contributed by atoms with Crippen LogP contribution in [0.15, 0.2) is 29.2 Å². The molecule has 1 N–H and O–H groups in total. The van der Waals surface area contributed by atoms with Gasteiger partial charge in [-0.15, -0.1) is 11.3 Å². The molecule has 2 amide bonds. The topological polar surface area (TPSA) is 117 Å². The van der Waals surface area contributed by atoms with Crippen molar-refractivity contribution in [3.63, 3.8) is 0 Å². The van der Waals surface area contributed by atoms with E-state index in [1.807, 2.05) is 6.92 Å². The zero-order valence-electron chi connectivity index (χ0n) is 18.0. The molecule has 0 fully saturated rings. The van der Waals surface area contributed by atoms with Gasteiger partial charge in [0.05, 0.1) is 29.4 Å². The number of nitriles is 1. The number of ether oxygens (including phenoxy) is 1. The SMILES string of the molecule is CCOC(=O)N1CCc2c(sc(NC(=O)CCCS(=O)(=O)c3ccc(C)cc3)c2C#N)C1. The summed E-state index contributed by atoms with van der Waals surface area (Å²) in [5.74, 6) is -0.481. The number of anilines is 1. The van der Waals surface area contributed by atoms with Crippen LogP contribution in [0.3, 0.4) is 0 Å². The molecule has 32 heavy (non-hydrogen) atoms. The highest BCUT2D eigenvalue weighted by molar-refractivity contribution is 7.91. The van der Waals surface area contributed by atoms with E-state index in [1.165, 1.54) is 11.3 Å². The molecule has 0 unspecified atom stereocenters. The summed E-state index contributed by atoms with van der Waals surface area (Å²) in [5, 5.41) is 12.8. The van der Waals surface area contributed by atoms with Crippen molar-refractivity contribution in [1.82, 2.24) is 4.90 Å². The molecule has 1 aromatic carbocycles. The summed E-state index contributed by atoms with van der Waals surface area (Å²) in [6.45, 7) is 4.69. The van der Waals surface area contributed by atoms with Gasteiger partial charge in [0.1, 0.15) is 11.1 Å². The van der Waals surface area contributed by atoms with Crippen LogP contribution in [0.4, 0.5) is 9.80 Å². The number of amides is 2. The summed E-state index contributed by atoms with van der Waals surface area (Å²) in [6, 6.07) is 8.77. The van der Waals surface area contributed by atoms with Gasteiger partial charge in [-0.05, 0) is 44.4 Å². The average molecular weight is 476 g/mol. The van der Waals surface area contributed by atoms with Gasteiger partial charge < -0.3 is 15.0 Å². The van der Waals surface area contributed by atoms with Gasteiger partial charge in [0.2, 0.25) is 5.91 Å². The second kappa shape index (κ2) is 10.1. The van der Waals surface area contributed by atoms with E-state index in [0.717, 1.165) is 16.0 Å². The normalized spacial score (nSPS) is 13.2. The monoisotopic (exact) mass is 475 g/mol. The minimum absolute atomic E-state index is 0.0213. The van der Waals surface area contributed by atoms with Crippen molar-refractivity contribution >= 4 is 38.2 Å². The quantitative estimate of drug-likeness (QED) is 0.653. The minimum Gasteiger partial charge on any atom is -0.450 e.